The number of hydrogen-bond donors (Lipinski definition) is 2. The molecule has 10 heavy (non-hydrogen) atoms. The molecule has 60 valence electrons. The van der Waals surface area contributed by atoms with Crippen LogP contribution >= 0.6 is 0 Å². The fourth-order valence-electron chi connectivity index (χ4n) is 0.785. The van der Waals surface area contributed by atoms with Gasteiger partial charge in [0.05, 0.1) is 6.10 Å². The second kappa shape index (κ2) is 5.38. The minimum atomic E-state index is -0.999. The number of aliphatic hydroxyl groups excluding tert-OH is 2. The van der Waals surface area contributed by atoms with E-state index in [1.54, 1.807) is 0 Å². The van der Waals surface area contributed by atoms with Gasteiger partial charge in [0.1, 0.15) is 12.4 Å². The standard InChI is InChI=1S/C7H14O3/c1-2-3-6(9)4-7(10)5-8/h5-7,9-10H,2-4H2,1H3/t6-,7-/m1/s1. The summed E-state index contributed by atoms with van der Waals surface area (Å²) < 4.78 is 0. The molecule has 3 nitrogen and oxygen atoms in total. The summed E-state index contributed by atoms with van der Waals surface area (Å²) in [5.41, 5.74) is 0. The predicted octanol–water partition coefficient (Wildman–Crippen LogP) is 0.0973. The van der Waals surface area contributed by atoms with Gasteiger partial charge in [0.2, 0.25) is 0 Å². The molecule has 2 N–H and O–H groups in total. The Morgan fingerprint density at radius 3 is 2.50 bits per heavy atom. The van der Waals surface area contributed by atoms with Crippen LogP contribution in [0.15, 0.2) is 0 Å². The van der Waals surface area contributed by atoms with E-state index < -0.39 is 12.2 Å². The highest BCUT2D eigenvalue weighted by molar-refractivity contribution is 5.55. The summed E-state index contributed by atoms with van der Waals surface area (Å²) in [4.78, 5) is 9.88. The number of aldehydes is 1. The van der Waals surface area contributed by atoms with Crippen LogP contribution in [0.3, 0.4) is 0 Å². The first-order valence-corrected chi connectivity index (χ1v) is 3.52. The number of rotatable bonds is 5. The second-order valence-electron chi connectivity index (χ2n) is 2.38. The molecular formula is C7H14O3. The second-order valence-corrected chi connectivity index (χ2v) is 2.38. The van der Waals surface area contributed by atoms with Crippen LogP contribution in [-0.2, 0) is 4.79 Å². The lowest BCUT2D eigenvalue weighted by molar-refractivity contribution is -0.116. The molecule has 0 bridgehead atoms. The molecule has 3 heteroatoms. The Balaban J connectivity index is 3.36. The molecule has 0 aromatic rings. The summed E-state index contributed by atoms with van der Waals surface area (Å²) in [6.45, 7) is 1.94. The van der Waals surface area contributed by atoms with E-state index in [2.05, 4.69) is 0 Å². The van der Waals surface area contributed by atoms with E-state index in [4.69, 9.17) is 10.2 Å². The van der Waals surface area contributed by atoms with E-state index in [1.165, 1.54) is 0 Å². The van der Waals surface area contributed by atoms with Gasteiger partial charge in [-0.25, -0.2) is 0 Å². The van der Waals surface area contributed by atoms with Crippen molar-refractivity contribution in [1.29, 1.82) is 0 Å². The third kappa shape index (κ3) is 4.47. The molecule has 0 aliphatic heterocycles. The predicted molar refractivity (Wildman–Crippen MR) is 37.6 cm³/mol. The lowest BCUT2D eigenvalue weighted by atomic mass is 10.1. The van der Waals surface area contributed by atoms with Gasteiger partial charge in [-0.3, -0.25) is 0 Å². The maximum atomic E-state index is 9.88. The van der Waals surface area contributed by atoms with Crippen LogP contribution in [0.5, 0.6) is 0 Å². The molecule has 0 spiro atoms. The summed E-state index contributed by atoms with van der Waals surface area (Å²) in [6, 6.07) is 0. The Morgan fingerprint density at radius 2 is 2.10 bits per heavy atom. The Labute approximate surface area is 60.7 Å². The van der Waals surface area contributed by atoms with Crippen LogP contribution < -0.4 is 0 Å². The van der Waals surface area contributed by atoms with Gasteiger partial charge < -0.3 is 15.0 Å². The number of carbonyl (C=O) groups excluding carboxylic acids is 1. The highest BCUT2D eigenvalue weighted by Crippen LogP contribution is 2.02. The highest BCUT2D eigenvalue weighted by atomic mass is 16.3. The molecule has 0 fully saturated rings. The van der Waals surface area contributed by atoms with Crippen molar-refractivity contribution in [2.45, 2.75) is 38.4 Å². The highest BCUT2D eigenvalue weighted by Gasteiger charge is 2.08. The average molecular weight is 146 g/mol. The fraction of sp³-hybridized carbons (Fsp3) is 0.857. The number of carbonyl (C=O) groups is 1. The Kier molecular flexibility index (Phi) is 5.16. The van der Waals surface area contributed by atoms with Gasteiger partial charge in [-0.05, 0) is 6.42 Å². The topological polar surface area (TPSA) is 57.5 Å². The summed E-state index contributed by atoms with van der Waals surface area (Å²) in [5, 5.41) is 17.8. The molecule has 2 atom stereocenters. The van der Waals surface area contributed by atoms with Crippen molar-refractivity contribution in [3.05, 3.63) is 0 Å². The van der Waals surface area contributed by atoms with E-state index >= 15 is 0 Å². The fourth-order valence-corrected chi connectivity index (χ4v) is 0.785. The van der Waals surface area contributed by atoms with Gasteiger partial charge in [-0.1, -0.05) is 13.3 Å². The lowest BCUT2D eigenvalue weighted by Crippen LogP contribution is -2.18. The molecular weight excluding hydrogens is 132 g/mol. The Hall–Kier alpha value is -0.410. The van der Waals surface area contributed by atoms with Crippen molar-refractivity contribution in [3.63, 3.8) is 0 Å². The monoisotopic (exact) mass is 146 g/mol. The zero-order valence-corrected chi connectivity index (χ0v) is 6.16. The molecule has 0 aromatic heterocycles. The first-order chi connectivity index (χ1) is 4.70. The van der Waals surface area contributed by atoms with Crippen LogP contribution in [0, 0.1) is 0 Å². The van der Waals surface area contributed by atoms with Gasteiger partial charge in [-0.2, -0.15) is 0 Å². The van der Waals surface area contributed by atoms with Crippen molar-refractivity contribution in [2.75, 3.05) is 0 Å². The molecule has 0 aliphatic carbocycles. The zero-order chi connectivity index (χ0) is 7.98. The maximum absolute atomic E-state index is 9.88. The van der Waals surface area contributed by atoms with Gasteiger partial charge in [-0.15, -0.1) is 0 Å². The molecule has 0 aromatic carbocycles. The molecule has 0 saturated carbocycles. The van der Waals surface area contributed by atoms with Crippen molar-refractivity contribution in [2.24, 2.45) is 0 Å². The zero-order valence-electron chi connectivity index (χ0n) is 6.16. The van der Waals surface area contributed by atoms with Crippen LogP contribution in [-0.4, -0.2) is 28.7 Å². The minimum Gasteiger partial charge on any atom is -0.393 e. The molecule has 0 heterocycles. The van der Waals surface area contributed by atoms with Gasteiger partial charge >= 0.3 is 0 Å². The molecule has 0 amide bonds. The first kappa shape index (κ1) is 9.59. The molecule has 0 saturated heterocycles. The van der Waals surface area contributed by atoms with Gasteiger partial charge in [0.25, 0.3) is 0 Å². The summed E-state index contributed by atoms with van der Waals surface area (Å²) in [7, 11) is 0. The van der Waals surface area contributed by atoms with Crippen LogP contribution in [0.1, 0.15) is 26.2 Å². The molecule has 0 rings (SSSR count). The minimum absolute atomic E-state index is 0.164. The van der Waals surface area contributed by atoms with Crippen molar-refractivity contribution >= 4 is 6.29 Å². The summed E-state index contributed by atoms with van der Waals surface area (Å²) in [5.74, 6) is 0. The van der Waals surface area contributed by atoms with Crippen molar-refractivity contribution < 1.29 is 15.0 Å². The van der Waals surface area contributed by atoms with E-state index in [0.717, 1.165) is 6.42 Å². The number of aliphatic hydroxyl groups is 2. The number of hydrogen-bond acceptors (Lipinski definition) is 3. The normalized spacial score (nSPS) is 16.3. The van der Waals surface area contributed by atoms with Gasteiger partial charge in [0.15, 0.2) is 0 Å². The van der Waals surface area contributed by atoms with Crippen molar-refractivity contribution in [3.8, 4) is 0 Å². The van der Waals surface area contributed by atoms with Gasteiger partial charge in [0, 0.05) is 6.42 Å². The van der Waals surface area contributed by atoms with E-state index in [0.29, 0.717) is 12.7 Å². The van der Waals surface area contributed by atoms with Crippen LogP contribution in [0.4, 0.5) is 0 Å². The smallest absolute Gasteiger partial charge is 0.148 e. The summed E-state index contributed by atoms with van der Waals surface area (Å²) >= 11 is 0. The lowest BCUT2D eigenvalue weighted by Gasteiger charge is -2.09. The Morgan fingerprint density at radius 1 is 1.50 bits per heavy atom. The van der Waals surface area contributed by atoms with E-state index in [9.17, 15) is 4.79 Å². The SMILES string of the molecule is CCC[C@@H](O)C[C@@H](O)C=O. The third-order valence-corrected chi connectivity index (χ3v) is 1.29. The van der Waals surface area contributed by atoms with Crippen LogP contribution in [0.25, 0.3) is 0 Å². The third-order valence-electron chi connectivity index (χ3n) is 1.29. The largest absolute Gasteiger partial charge is 0.393 e. The quantitative estimate of drug-likeness (QED) is 0.541. The summed E-state index contributed by atoms with van der Waals surface area (Å²) in [6.07, 6.45) is 0.583. The van der Waals surface area contributed by atoms with E-state index in [-0.39, 0.29) is 6.42 Å². The molecule has 0 radical (unpaired) electrons. The average Bonchev–Trinajstić information content (AvgIpc) is 1.88. The molecule has 0 aliphatic rings. The first-order valence-electron chi connectivity index (χ1n) is 3.52. The maximum Gasteiger partial charge on any atom is 0.148 e. The van der Waals surface area contributed by atoms with Crippen LogP contribution in [0.2, 0.25) is 0 Å². The van der Waals surface area contributed by atoms with Crippen molar-refractivity contribution in [1.82, 2.24) is 0 Å². The molecule has 0 unspecified atom stereocenters. The van der Waals surface area contributed by atoms with E-state index in [1.807, 2.05) is 6.92 Å². The Bertz CT molecular complexity index is 92.9.